The summed E-state index contributed by atoms with van der Waals surface area (Å²) in [5.41, 5.74) is 2.05. The number of aliphatic hydroxyl groups is 1. The molecule has 0 heterocycles. The van der Waals surface area contributed by atoms with Crippen molar-refractivity contribution >= 4 is 5.78 Å². The van der Waals surface area contributed by atoms with Gasteiger partial charge in [0.1, 0.15) is 0 Å². The van der Waals surface area contributed by atoms with Gasteiger partial charge in [-0.25, -0.2) is 0 Å². The maximum atomic E-state index is 11.9. The molecular formula is C27H42O2. The second-order valence-corrected chi connectivity index (χ2v) is 11.5. The van der Waals surface area contributed by atoms with Crippen molar-refractivity contribution in [1.82, 2.24) is 0 Å². The van der Waals surface area contributed by atoms with Crippen molar-refractivity contribution in [2.75, 3.05) is 6.61 Å². The van der Waals surface area contributed by atoms with Crippen LogP contribution in [-0.2, 0) is 4.79 Å². The highest BCUT2D eigenvalue weighted by atomic mass is 16.3. The highest BCUT2D eigenvalue weighted by Crippen LogP contribution is 2.67. The summed E-state index contributed by atoms with van der Waals surface area (Å²) in [5.74, 6) is 4.74. The van der Waals surface area contributed by atoms with Gasteiger partial charge in [0.15, 0.2) is 5.78 Å². The lowest BCUT2D eigenvalue weighted by Gasteiger charge is -2.57. The highest BCUT2D eigenvalue weighted by molar-refractivity contribution is 6.01. The first-order chi connectivity index (χ1) is 13.8. The summed E-state index contributed by atoms with van der Waals surface area (Å²) in [6.07, 6.45) is 17.7. The molecule has 29 heavy (non-hydrogen) atoms. The zero-order chi connectivity index (χ0) is 20.8. The molecule has 3 saturated carbocycles. The fourth-order valence-electron chi connectivity index (χ4n) is 8.25. The van der Waals surface area contributed by atoms with E-state index in [1.54, 1.807) is 0 Å². The first kappa shape index (κ1) is 21.3. The summed E-state index contributed by atoms with van der Waals surface area (Å²) in [6.45, 7) is 10.0. The maximum absolute atomic E-state index is 11.9. The van der Waals surface area contributed by atoms with Crippen LogP contribution in [0.5, 0.6) is 0 Å². The summed E-state index contributed by atoms with van der Waals surface area (Å²) in [7, 11) is 0. The van der Waals surface area contributed by atoms with E-state index in [2.05, 4.69) is 33.8 Å². The third-order valence-corrected chi connectivity index (χ3v) is 9.98. The van der Waals surface area contributed by atoms with Gasteiger partial charge in [0.25, 0.3) is 0 Å². The predicted octanol–water partition coefficient (Wildman–Crippen LogP) is 6.35. The van der Waals surface area contributed by atoms with Gasteiger partial charge in [-0.3, -0.25) is 4.79 Å². The third-order valence-electron chi connectivity index (χ3n) is 9.98. The zero-order valence-electron chi connectivity index (χ0n) is 19.1. The first-order valence-corrected chi connectivity index (χ1v) is 12.3. The molecule has 0 aliphatic heterocycles. The van der Waals surface area contributed by atoms with E-state index in [9.17, 15) is 9.90 Å². The van der Waals surface area contributed by atoms with Crippen molar-refractivity contribution in [2.24, 2.45) is 46.3 Å². The molecule has 0 aromatic heterocycles. The van der Waals surface area contributed by atoms with Crippen LogP contribution in [0.3, 0.4) is 0 Å². The number of ketones is 1. The maximum Gasteiger partial charge on any atom is 0.178 e. The number of hydrogen-bond acceptors (Lipinski definition) is 2. The van der Waals surface area contributed by atoms with E-state index < -0.39 is 0 Å². The Labute approximate surface area is 178 Å². The van der Waals surface area contributed by atoms with E-state index >= 15 is 0 Å². The average molecular weight is 399 g/mol. The fourth-order valence-corrected chi connectivity index (χ4v) is 8.25. The molecule has 8 atom stereocenters. The molecule has 5 unspecified atom stereocenters. The molecule has 0 amide bonds. The summed E-state index contributed by atoms with van der Waals surface area (Å²) in [4.78, 5) is 11.9. The topological polar surface area (TPSA) is 37.3 Å². The quantitative estimate of drug-likeness (QED) is 0.566. The number of hydrogen-bond donors (Lipinski definition) is 1. The smallest absolute Gasteiger partial charge is 0.178 e. The summed E-state index contributed by atoms with van der Waals surface area (Å²) in [5, 5.41) is 9.31. The van der Waals surface area contributed by atoms with Gasteiger partial charge in [-0.1, -0.05) is 52.2 Å². The van der Waals surface area contributed by atoms with Gasteiger partial charge in [0.05, 0.1) is 0 Å². The van der Waals surface area contributed by atoms with Crippen LogP contribution < -0.4 is 0 Å². The average Bonchev–Trinajstić information content (AvgIpc) is 3.05. The number of allylic oxidation sites excluding steroid dienone is 4. The van der Waals surface area contributed by atoms with Crippen LogP contribution >= 0.6 is 0 Å². The number of fused-ring (bicyclic) bond motifs is 5. The van der Waals surface area contributed by atoms with Crippen molar-refractivity contribution in [1.29, 1.82) is 0 Å². The normalized spacial score (nSPS) is 43.2. The molecule has 0 aromatic carbocycles. The summed E-state index contributed by atoms with van der Waals surface area (Å²) in [6, 6.07) is 0. The van der Waals surface area contributed by atoms with Gasteiger partial charge in [-0.2, -0.15) is 0 Å². The van der Waals surface area contributed by atoms with E-state index in [0.717, 1.165) is 42.4 Å². The van der Waals surface area contributed by atoms with Crippen LogP contribution in [0.4, 0.5) is 0 Å². The minimum atomic E-state index is 0.127. The van der Waals surface area contributed by atoms with Gasteiger partial charge in [0.2, 0.25) is 0 Å². The number of carbonyl (C=O) groups excluding carboxylic acids is 1. The van der Waals surface area contributed by atoms with Gasteiger partial charge >= 0.3 is 0 Å². The van der Waals surface area contributed by atoms with Gasteiger partial charge in [-0.05, 0) is 98.0 Å². The number of aliphatic hydroxyl groups excluding tert-OH is 1. The Morgan fingerprint density at radius 3 is 2.66 bits per heavy atom. The van der Waals surface area contributed by atoms with Gasteiger partial charge in [-0.15, -0.1) is 0 Å². The zero-order valence-corrected chi connectivity index (χ0v) is 19.1. The summed E-state index contributed by atoms with van der Waals surface area (Å²) < 4.78 is 0. The minimum absolute atomic E-state index is 0.127. The second-order valence-electron chi connectivity index (χ2n) is 11.5. The molecular weight excluding hydrogens is 356 g/mol. The fraction of sp³-hybridized carbons (Fsp3) is 0.815. The number of carbonyl (C=O) groups is 1. The molecule has 3 fully saturated rings. The van der Waals surface area contributed by atoms with E-state index in [0.29, 0.717) is 17.9 Å². The Kier molecular flexibility index (Phi) is 5.88. The SMILES string of the molecule is CC(CO)CCCC(C)[C@H]1CCC2C3CCC4=CC(=O)C=C[C@]4(C)C3CC[C@@]21C. The molecule has 0 spiro atoms. The molecule has 1 N–H and O–H groups in total. The van der Waals surface area contributed by atoms with Crippen LogP contribution in [-0.4, -0.2) is 17.5 Å². The standard InChI is InChI=1S/C27H42O2/c1-18(17-28)6-5-7-19(2)23-10-11-24-22-9-8-20-16-21(29)12-14-26(20,3)25(22)13-15-27(23,24)4/h12,14,16,18-19,22-25,28H,5-11,13,15,17H2,1-4H3/t18?,19?,22?,23-,24?,25?,26+,27-/m1/s1. The van der Waals surface area contributed by atoms with Crippen LogP contribution in [0, 0.1) is 46.3 Å². The Balaban J connectivity index is 1.47. The minimum Gasteiger partial charge on any atom is -0.396 e. The molecule has 4 aliphatic carbocycles. The van der Waals surface area contributed by atoms with E-state index in [-0.39, 0.29) is 11.2 Å². The van der Waals surface area contributed by atoms with E-state index in [1.165, 1.54) is 50.5 Å². The van der Waals surface area contributed by atoms with Crippen molar-refractivity contribution in [3.05, 3.63) is 23.8 Å². The molecule has 0 saturated heterocycles. The number of rotatable bonds is 6. The molecule has 0 radical (unpaired) electrons. The van der Waals surface area contributed by atoms with Crippen LogP contribution in [0.2, 0.25) is 0 Å². The van der Waals surface area contributed by atoms with Crippen molar-refractivity contribution in [3.8, 4) is 0 Å². The van der Waals surface area contributed by atoms with Crippen molar-refractivity contribution < 1.29 is 9.90 Å². The molecule has 4 aliphatic rings. The lowest BCUT2D eigenvalue weighted by Crippen LogP contribution is -2.50. The van der Waals surface area contributed by atoms with Gasteiger partial charge < -0.3 is 5.11 Å². The first-order valence-electron chi connectivity index (χ1n) is 12.3. The molecule has 2 heteroatoms. The lowest BCUT2D eigenvalue weighted by atomic mass is 9.47. The van der Waals surface area contributed by atoms with Crippen LogP contribution in [0.15, 0.2) is 23.8 Å². The molecule has 162 valence electrons. The Bertz CT molecular complexity index is 691. The predicted molar refractivity (Wildman–Crippen MR) is 119 cm³/mol. The largest absolute Gasteiger partial charge is 0.396 e. The Morgan fingerprint density at radius 1 is 1.10 bits per heavy atom. The molecule has 0 bridgehead atoms. The Hall–Kier alpha value is -0.890. The summed E-state index contributed by atoms with van der Waals surface area (Å²) >= 11 is 0. The molecule has 4 rings (SSSR count). The van der Waals surface area contributed by atoms with Gasteiger partial charge in [0, 0.05) is 12.0 Å². The van der Waals surface area contributed by atoms with Crippen LogP contribution in [0.25, 0.3) is 0 Å². The van der Waals surface area contributed by atoms with Crippen molar-refractivity contribution in [3.63, 3.8) is 0 Å². The molecule has 0 aromatic rings. The Morgan fingerprint density at radius 2 is 1.90 bits per heavy atom. The highest BCUT2D eigenvalue weighted by Gasteiger charge is 2.58. The van der Waals surface area contributed by atoms with Crippen molar-refractivity contribution in [2.45, 2.75) is 85.5 Å². The third kappa shape index (κ3) is 3.58. The van der Waals surface area contributed by atoms with E-state index in [1.807, 2.05) is 12.2 Å². The lowest BCUT2D eigenvalue weighted by molar-refractivity contribution is -0.111. The van der Waals surface area contributed by atoms with E-state index in [4.69, 9.17) is 0 Å². The van der Waals surface area contributed by atoms with Crippen LogP contribution in [0.1, 0.15) is 85.5 Å². The second kappa shape index (κ2) is 7.98. The monoisotopic (exact) mass is 398 g/mol. The molecule has 2 nitrogen and oxygen atoms in total.